The largest absolute Gasteiger partial charge is 0.301 e. The summed E-state index contributed by atoms with van der Waals surface area (Å²) in [5, 5.41) is 5.07. The summed E-state index contributed by atoms with van der Waals surface area (Å²) in [5.74, 6) is 0.174. The lowest BCUT2D eigenvalue weighted by Crippen LogP contribution is -2.11. The Balaban J connectivity index is 1.64. The zero-order valence-corrected chi connectivity index (χ0v) is 14.4. The third-order valence-electron chi connectivity index (χ3n) is 3.85. The molecule has 0 spiro atoms. The van der Waals surface area contributed by atoms with Crippen LogP contribution in [0.1, 0.15) is 10.4 Å². The summed E-state index contributed by atoms with van der Waals surface area (Å²) in [6.45, 7) is 0. The molecule has 1 N–H and O–H groups in total. The molecule has 0 aliphatic rings. The normalized spacial score (nSPS) is 10.9. The molecule has 0 aliphatic heterocycles. The number of nitrogens with zero attached hydrogens (tertiary/aromatic N) is 3. The minimum Gasteiger partial charge on any atom is -0.301 e. The number of H-pyrrole nitrogens is 1. The molecule has 2 aromatic heterocycles. The third kappa shape index (κ3) is 3.16. The first kappa shape index (κ1) is 16.3. The zero-order chi connectivity index (χ0) is 17.9. The highest BCUT2D eigenvalue weighted by molar-refractivity contribution is 7.99. The fraction of sp³-hybridized carbons (Fsp3) is 0.0526. The number of aromatic nitrogens is 4. The molecule has 0 amide bonds. The maximum atomic E-state index is 12.3. The van der Waals surface area contributed by atoms with Crippen LogP contribution in [0.2, 0.25) is 0 Å². The molecule has 2 aromatic carbocycles. The Morgan fingerprint density at radius 1 is 1.04 bits per heavy atom. The number of para-hydroxylation sites is 1. The minimum atomic E-state index is -0.271. The van der Waals surface area contributed by atoms with Gasteiger partial charge < -0.3 is 4.98 Å². The van der Waals surface area contributed by atoms with Crippen molar-refractivity contribution in [3.63, 3.8) is 0 Å². The van der Waals surface area contributed by atoms with Gasteiger partial charge in [0.2, 0.25) is 0 Å². The molecule has 0 radical (unpaired) electrons. The predicted octanol–water partition coefficient (Wildman–Crippen LogP) is 3.08. The van der Waals surface area contributed by atoms with Crippen LogP contribution >= 0.6 is 11.8 Å². The topological polar surface area (TPSA) is 80.6 Å². The van der Waals surface area contributed by atoms with E-state index in [1.54, 1.807) is 16.8 Å². The van der Waals surface area contributed by atoms with Crippen LogP contribution in [0.4, 0.5) is 0 Å². The summed E-state index contributed by atoms with van der Waals surface area (Å²) >= 11 is 1.20. The summed E-state index contributed by atoms with van der Waals surface area (Å²) in [7, 11) is 0. The lowest BCUT2D eigenvalue weighted by molar-refractivity contribution is 0.102. The van der Waals surface area contributed by atoms with E-state index in [0.717, 1.165) is 5.69 Å². The van der Waals surface area contributed by atoms with Crippen LogP contribution in [0.25, 0.3) is 16.7 Å². The molecule has 2 heterocycles. The first-order valence-corrected chi connectivity index (χ1v) is 8.95. The van der Waals surface area contributed by atoms with Crippen molar-refractivity contribution in [1.29, 1.82) is 0 Å². The lowest BCUT2D eigenvalue weighted by Gasteiger charge is -2.04. The molecule has 0 aliphatic carbocycles. The fourth-order valence-electron chi connectivity index (χ4n) is 2.57. The van der Waals surface area contributed by atoms with Crippen molar-refractivity contribution in [3.8, 4) is 5.69 Å². The highest BCUT2D eigenvalue weighted by Gasteiger charge is 2.13. The van der Waals surface area contributed by atoms with Gasteiger partial charge in [0, 0.05) is 5.56 Å². The van der Waals surface area contributed by atoms with E-state index in [4.69, 9.17) is 0 Å². The van der Waals surface area contributed by atoms with Gasteiger partial charge in [-0.3, -0.25) is 9.59 Å². The van der Waals surface area contributed by atoms with Crippen molar-refractivity contribution in [2.24, 2.45) is 0 Å². The Kier molecular flexibility index (Phi) is 4.37. The standard InChI is InChI=1S/C19H14N4O2S/c24-16(13-7-3-1-4-8-13)12-26-19-21-17-15(18(25)22-19)11-20-23(17)14-9-5-2-6-10-14/h1-11H,12H2,(H,21,22,25). The van der Waals surface area contributed by atoms with Gasteiger partial charge in [0.25, 0.3) is 5.56 Å². The van der Waals surface area contributed by atoms with E-state index in [-0.39, 0.29) is 17.1 Å². The van der Waals surface area contributed by atoms with Crippen molar-refractivity contribution in [2.45, 2.75) is 5.16 Å². The van der Waals surface area contributed by atoms with Gasteiger partial charge in [-0.1, -0.05) is 60.3 Å². The average molecular weight is 362 g/mol. The van der Waals surface area contributed by atoms with E-state index in [0.29, 0.717) is 21.8 Å². The van der Waals surface area contributed by atoms with Crippen LogP contribution in [0.3, 0.4) is 0 Å². The number of thioether (sulfide) groups is 1. The van der Waals surface area contributed by atoms with Crippen LogP contribution in [0.15, 0.2) is 76.8 Å². The molecule has 0 fully saturated rings. The van der Waals surface area contributed by atoms with E-state index in [2.05, 4.69) is 15.1 Å². The molecule has 0 unspecified atom stereocenters. The molecule has 6 nitrogen and oxygen atoms in total. The number of hydrogen-bond acceptors (Lipinski definition) is 5. The maximum Gasteiger partial charge on any atom is 0.262 e. The Morgan fingerprint density at radius 3 is 2.46 bits per heavy atom. The Labute approximate surface area is 152 Å². The number of aromatic amines is 1. The van der Waals surface area contributed by atoms with Crippen LogP contribution in [-0.4, -0.2) is 31.3 Å². The van der Waals surface area contributed by atoms with Crippen LogP contribution in [-0.2, 0) is 0 Å². The van der Waals surface area contributed by atoms with E-state index in [9.17, 15) is 9.59 Å². The number of ketones is 1. The second-order valence-electron chi connectivity index (χ2n) is 5.58. The van der Waals surface area contributed by atoms with E-state index >= 15 is 0 Å². The van der Waals surface area contributed by atoms with Crippen molar-refractivity contribution in [1.82, 2.24) is 19.7 Å². The smallest absolute Gasteiger partial charge is 0.262 e. The molecule has 0 saturated carbocycles. The molecule has 128 valence electrons. The van der Waals surface area contributed by atoms with Gasteiger partial charge in [0.05, 0.1) is 17.6 Å². The molecule has 4 rings (SSSR count). The monoisotopic (exact) mass is 362 g/mol. The van der Waals surface area contributed by atoms with Gasteiger partial charge in [-0.25, -0.2) is 9.67 Å². The summed E-state index contributed by atoms with van der Waals surface area (Å²) in [6, 6.07) is 18.5. The number of Topliss-reactive ketones (excluding diaryl/α,β-unsaturated/α-hetero) is 1. The van der Waals surface area contributed by atoms with Gasteiger partial charge in [-0.15, -0.1) is 0 Å². The molecule has 7 heteroatoms. The van der Waals surface area contributed by atoms with Gasteiger partial charge in [-0.2, -0.15) is 5.10 Å². The van der Waals surface area contributed by atoms with Crippen LogP contribution in [0, 0.1) is 0 Å². The molecule has 0 bridgehead atoms. The minimum absolute atomic E-state index is 0.0186. The number of nitrogens with one attached hydrogen (secondary N) is 1. The van der Waals surface area contributed by atoms with Crippen molar-refractivity contribution >= 4 is 28.6 Å². The molecule has 4 aromatic rings. The number of hydrogen-bond donors (Lipinski definition) is 1. The number of benzene rings is 2. The SMILES string of the molecule is O=C(CSc1nc2c(cnn2-c2ccccc2)c(=O)[nH]1)c1ccccc1. The molecule has 26 heavy (non-hydrogen) atoms. The lowest BCUT2D eigenvalue weighted by atomic mass is 10.2. The molecular weight excluding hydrogens is 348 g/mol. The van der Waals surface area contributed by atoms with Gasteiger partial charge in [0.15, 0.2) is 16.6 Å². The summed E-state index contributed by atoms with van der Waals surface area (Å²) in [6.07, 6.45) is 1.50. The van der Waals surface area contributed by atoms with Crippen molar-refractivity contribution in [3.05, 3.63) is 82.8 Å². The molecule has 0 atom stereocenters. The summed E-state index contributed by atoms with van der Waals surface area (Å²) in [4.78, 5) is 31.8. The second-order valence-corrected chi connectivity index (χ2v) is 6.54. The fourth-order valence-corrected chi connectivity index (χ4v) is 3.32. The Hall–Kier alpha value is -3.19. The van der Waals surface area contributed by atoms with Crippen LogP contribution in [0.5, 0.6) is 0 Å². The van der Waals surface area contributed by atoms with E-state index in [1.807, 2.05) is 48.5 Å². The first-order chi connectivity index (χ1) is 12.7. The maximum absolute atomic E-state index is 12.3. The van der Waals surface area contributed by atoms with Crippen LogP contribution < -0.4 is 5.56 Å². The van der Waals surface area contributed by atoms with Gasteiger partial charge in [0.1, 0.15) is 5.39 Å². The molecule has 0 saturated heterocycles. The Bertz CT molecular complexity index is 1120. The van der Waals surface area contributed by atoms with E-state index < -0.39 is 0 Å². The van der Waals surface area contributed by atoms with Gasteiger partial charge >= 0.3 is 0 Å². The molecular formula is C19H14N4O2S. The number of rotatable bonds is 5. The third-order valence-corrected chi connectivity index (χ3v) is 4.73. The zero-order valence-electron chi connectivity index (χ0n) is 13.6. The second kappa shape index (κ2) is 6.97. The first-order valence-electron chi connectivity index (χ1n) is 7.97. The van der Waals surface area contributed by atoms with Crippen molar-refractivity contribution in [2.75, 3.05) is 5.75 Å². The predicted molar refractivity (Wildman–Crippen MR) is 101 cm³/mol. The van der Waals surface area contributed by atoms with Crippen molar-refractivity contribution < 1.29 is 4.79 Å². The number of carbonyl (C=O) groups excluding carboxylic acids is 1. The Morgan fingerprint density at radius 2 is 1.73 bits per heavy atom. The average Bonchev–Trinajstić information content (AvgIpc) is 3.12. The summed E-state index contributed by atoms with van der Waals surface area (Å²) in [5.41, 5.74) is 1.65. The van der Waals surface area contributed by atoms with E-state index in [1.165, 1.54) is 18.0 Å². The van der Waals surface area contributed by atoms with Gasteiger partial charge in [-0.05, 0) is 12.1 Å². The highest BCUT2D eigenvalue weighted by atomic mass is 32.2. The number of fused-ring (bicyclic) bond motifs is 1. The summed E-state index contributed by atoms with van der Waals surface area (Å²) < 4.78 is 1.62. The highest BCUT2D eigenvalue weighted by Crippen LogP contribution is 2.18. The quantitative estimate of drug-likeness (QED) is 0.335. The number of carbonyl (C=O) groups is 1.